The molecule has 1 aromatic heterocycles. The first-order valence-corrected chi connectivity index (χ1v) is 8.52. The van der Waals surface area contributed by atoms with Crippen molar-refractivity contribution in [3.63, 3.8) is 0 Å². The van der Waals surface area contributed by atoms with Gasteiger partial charge in [0.05, 0.1) is 11.5 Å². The molecule has 2 atom stereocenters. The molecule has 130 valence electrons. The fourth-order valence-corrected chi connectivity index (χ4v) is 3.95. The van der Waals surface area contributed by atoms with Crippen LogP contribution < -0.4 is 5.32 Å². The Balaban J connectivity index is 0.00000169. The van der Waals surface area contributed by atoms with Gasteiger partial charge in [0, 0.05) is 19.6 Å². The summed E-state index contributed by atoms with van der Waals surface area (Å²) in [6, 6.07) is 8.87. The monoisotopic (exact) mass is 348 g/mol. The first-order chi connectivity index (χ1) is 11.2. The van der Waals surface area contributed by atoms with Gasteiger partial charge in [-0.3, -0.25) is 4.90 Å². The van der Waals surface area contributed by atoms with Crippen molar-refractivity contribution in [1.82, 2.24) is 20.4 Å². The number of aryl methyl sites for hydroxylation is 1. The van der Waals surface area contributed by atoms with Crippen LogP contribution in [0.25, 0.3) is 0 Å². The average molecular weight is 349 g/mol. The summed E-state index contributed by atoms with van der Waals surface area (Å²) in [4.78, 5) is 7.11. The van der Waals surface area contributed by atoms with Crippen LogP contribution in [0.15, 0.2) is 28.8 Å². The van der Waals surface area contributed by atoms with Gasteiger partial charge in [0.25, 0.3) is 0 Å². The van der Waals surface area contributed by atoms with E-state index in [1.54, 1.807) is 0 Å². The molecule has 2 unspecified atom stereocenters. The number of piperazine rings is 1. The number of aromatic nitrogens is 2. The van der Waals surface area contributed by atoms with Crippen molar-refractivity contribution in [3.8, 4) is 0 Å². The lowest BCUT2D eigenvalue weighted by Gasteiger charge is -2.33. The van der Waals surface area contributed by atoms with Crippen LogP contribution in [-0.2, 0) is 11.8 Å². The third kappa shape index (κ3) is 2.85. The van der Waals surface area contributed by atoms with Gasteiger partial charge in [-0.25, -0.2) is 0 Å². The first kappa shape index (κ1) is 17.4. The van der Waals surface area contributed by atoms with Crippen LogP contribution in [0.3, 0.4) is 0 Å². The van der Waals surface area contributed by atoms with Gasteiger partial charge >= 0.3 is 0 Å². The Labute approximate surface area is 149 Å². The lowest BCUT2D eigenvalue weighted by atomic mass is 9.71. The number of fused-ring (bicyclic) bond motifs is 1. The highest BCUT2D eigenvalue weighted by atomic mass is 35.5. The third-order valence-corrected chi connectivity index (χ3v) is 5.46. The summed E-state index contributed by atoms with van der Waals surface area (Å²) in [5.74, 6) is 1.57. The SMILES string of the molecule is CN1CCNCC1c1noc(C2(C)CCCc3ccccc32)n1.Cl. The number of rotatable bonds is 2. The second-order valence-corrected chi connectivity index (χ2v) is 7.00. The van der Waals surface area contributed by atoms with Crippen molar-refractivity contribution < 1.29 is 4.52 Å². The summed E-state index contributed by atoms with van der Waals surface area (Å²) >= 11 is 0. The quantitative estimate of drug-likeness (QED) is 0.904. The van der Waals surface area contributed by atoms with Crippen LogP contribution in [0.1, 0.15) is 48.6 Å². The van der Waals surface area contributed by atoms with Gasteiger partial charge in [0.15, 0.2) is 5.82 Å². The second-order valence-electron chi connectivity index (χ2n) is 7.00. The van der Waals surface area contributed by atoms with Crippen molar-refractivity contribution in [2.75, 3.05) is 26.7 Å². The molecule has 1 fully saturated rings. The highest BCUT2D eigenvalue weighted by molar-refractivity contribution is 5.85. The van der Waals surface area contributed by atoms with E-state index in [0.717, 1.165) is 50.6 Å². The maximum atomic E-state index is 5.75. The normalized spacial score (nSPS) is 27.3. The molecule has 0 bridgehead atoms. The summed E-state index contributed by atoms with van der Waals surface area (Å²) in [6.07, 6.45) is 3.36. The molecular formula is C18H25ClN4O. The van der Waals surface area contributed by atoms with Crippen molar-refractivity contribution in [1.29, 1.82) is 0 Å². The molecule has 0 spiro atoms. The number of nitrogens with one attached hydrogen (secondary N) is 1. The van der Waals surface area contributed by atoms with E-state index in [1.165, 1.54) is 11.1 Å². The zero-order valence-corrected chi connectivity index (χ0v) is 15.1. The Morgan fingerprint density at radius 3 is 3.00 bits per heavy atom. The molecule has 2 aliphatic rings. The molecule has 2 heterocycles. The molecule has 6 heteroatoms. The molecular weight excluding hydrogens is 324 g/mol. The predicted octanol–water partition coefficient (Wildman–Crippen LogP) is 2.71. The maximum Gasteiger partial charge on any atom is 0.237 e. The summed E-state index contributed by atoms with van der Waals surface area (Å²) in [5, 5.41) is 7.73. The Morgan fingerprint density at radius 1 is 1.33 bits per heavy atom. The molecule has 4 rings (SSSR count). The van der Waals surface area contributed by atoms with Crippen LogP contribution in [0.2, 0.25) is 0 Å². The standard InChI is InChI=1S/C18H24N4O.ClH/c1-18(9-5-7-13-6-3-4-8-14(13)18)17-20-16(21-23-17)15-12-19-10-11-22(15)2;/h3-4,6,8,15,19H,5,7,9-12H2,1-2H3;1H. The maximum absolute atomic E-state index is 5.75. The van der Waals surface area contributed by atoms with E-state index in [4.69, 9.17) is 9.51 Å². The number of halogens is 1. The zero-order chi connectivity index (χ0) is 15.9. The molecule has 0 radical (unpaired) electrons. The third-order valence-electron chi connectivity index (χ3n) is 5.46. The highest BCUT2D eigenvalue weighted by Gasteiger charge is 2.39. The molecule has 5 nitrogen and oxygen atoms in total. The lowest BCUT2D eigenvalue weighted by Crippen LogP contribution is -2.44. The Bertz CT molecular complexity index is 704. The van der Waals surface area contributed by atoms with Crippen molar-refractivity contribution in [3.05, 3.63) is 47.1 Å². The Kier molecular flexibility index (Phi) is 4.95. The van der Waals surface area contributed by atoms with E-state index in [9.17, 15) is 0 Å². The summed E-state index contributed by atoms with van der Waals surface area (Å²) in [5.41, 5.74) is 2.59. The van der Waals surface area contributed by atoms with Gasteiger partial charge in [-0.05, 0) is 44.4 Å². The largest absolute Gasteiger partial charge is 0.338 e. The van der Waals surface area contributed by atoms with Crippen molar-refractivity contribution >= 4 is 12.4 Å². The van der Waals surface area contributed by atoms with Crippen LogP contribution in [0, 0.1) is 0 Å². The fraction of sp³-hybridized carbons (Fsp3) is 0.556. The molecule has 1 aliphatic carbocycles. The number of hydrogen-bond acceptors (Lipinski definition) is 5. The minimum absolute atomic E-state index is 0. The van der Waals surface area contributed by atoms with E-state index in [1.807, 2.05) is 0 Å². The van der Waals surface area contributed by atoms with E-state index in [2.05, 4.69) is 53.6 Å². The Morgan fingerprint density at radius 2 is 2.17 bits per heavy atom. The topological polar surface area (TPSA) is 54.2 Å². The van der Waals surface area contributed by atoms with Gasteiger partial charge < -0.3 is 9.84 Å². The van der Waals surface area contributed by atoms with E-state index >= 15 is 0 Å². The molecule has 2 aromatic rings. The van der Waals surface area contributed by atoms with E-state index in [0.29, 0.717) is 0 Å². The Hall–Kier alpha value is -1.43. The number of nitrogens with zero attached hydrogens (tertiary/aromatic N) is 3. The van der Waals surface area contributed by atoms with Gasteiger partial charge in [0.2, 0.25) is 5.89 Å². The first-order valence-electron chi connectivity index (χ1n) is 8.52. The van der Waals surface area contributed by atoms with Crippen LogP contribution in [-0.4, -0.2) is 41.7 Å². The number of benzene rings is 1. The second kappa shape index (κ2) is 6.82. The van der Waals surface area contributed by atoms with Gasteiger partial charge in [-0.2, -0.15) is 4.98 Å². The minimum Gasteiger partial charge on any atom is -0.338 e. The molecule has 1 aliphatic heterocycles. The summed E-state index contributed by atoms with van der Waals surface area (Å²) in [6.45, 7) is 5.14. The lowest BCUT2D eigenvalue weighted by molar-refractivity contribution is 0.190. The van der Waals surface area contributed by atoms with Crippen LogP contribution in [0.4, 0.5) is 0 Å². The zero-order valence-electron chi connectivity index (χ0n) is 14.3. The fourth-order valence-electron chi connectivity index (χ4n) is 3.95. The van der Waals surface area contributed by atoms with Crippen molar-refractivity contribution in [2.45, 2.75) is 37.6 Å². The summed E-state index contributed by atoms with van der Waals surface area (Å²) < 4.78 is 5.75. The molecule has 1 N–H and O–H groups in total. The molecule has 24 heavy (non-hydrogen) atoms. The van der Waals surface area contributed by atoms with Gasteiger partial charge in [-0.1, -0.05) is 29.4 Å². The minimum atomic E-state index is -0.166. The van der Waals surface area contributed by atoms with Gasteiger partial charge in [-0.15, -0.1) is 12.4 Å². The smallest absolute Gasteiger partial charge is 0.237 e. The van der Waals surface area contributed by atoms with Crippen LogP contribution in [0.5, 0.6) is 0 Å². The number of likely N-dealkylation sites (N-methyl/N-ethyl adjacent to an activating group) is 1. The molecule has 1 saturated heterocycles. The summed E-state index contributed by atoms with van der Waals surface area (Å²) in [7, 11) is 2.12. The highest BCUT2D eigenvalue weighted by Crippen LogP contribution is 2.41. The van der Waals surface area contributed by atoms with Crippen molar-refractivity contribution in [2.24, 2.45) is 0 Å². The van der Waals surface area contributed by atoms with Crippen LogP contribution >= 0.6 is 12.4 Å². The average Bonchev–Trinajstić information content (AvgIpc) is 3.06. The molecule has 0 amide bonds. The number of hydrogen-bond donors (Lipinski definition) is 1. The molecule has 0 saturated carbocycles. The van der Waals surface area contributed by atoms with E-state index in [-0.39, 0.29) is 23.9 Å². The molecule has 1 aromatic carbocycles. The van der Waals surface area contributed by atoms with Gasteiger partial charge in [0.1, 0.15) is 0 Å². The van der Waals surface area contributed by atoms with E-state index < -0.39 is 0 Å². The predicted molar refractivity (Wildman–Crippen MR) is 95.6 cm³/mol.